The van der Waals surface area contributed by atoms with Crippen LogP contribution < -0.4 is 15.5 Å². The summed E-state index contributed by atoms with van der Waals surface area (Å²) >= 11 is 1.11. The minimum atomic E-state index is -4.28. The molecule has 2 heterocycles. The molecule has 0 spiro atoms. The molecule has 1 aliphatic rings. The lowest BCUT2D eigenvalue weighted by atomic mass is 10.0. The predicted molar refractivity (Wildman–Crippen MR) is 121 cm³/mol. The number of thiazole rings is 1. The molecule has 0 fully saturated rings. The Morgan fingerprint density at radius 1 is 1.15 bits per heavy atom. The number of carbonyl (C=O) groups excluding carboxylic acids is 2. The first-order valence-corrected chi connectivity index (χ1v) is 12.2. The summed E-state index contributed by atoms with van der Waals surface area (Å²) in [5.74, 6) is -0.614. The number of rotatable bonds is 6. The van der Waals surface area contributed by atoms with E-state index >= 15 is 0 Å². The lowest BCUT2D eigenvalue weighted by Crippen LogP contribution is -2.54. The minimum Gasteiger partial charge on any atom is -0.497 e. The first-order chi connectivity index (χ1) is 16.3. The Morgan fingerprint density at radius 2 is 1.85 bits per heavy atom. The monoisotopic (exact) mass is 504 g/mol. The van der Waals surface area contributed by atoms with Gasteiger partial charge in [-0.3, -0.25) is 15.3 Å². The van der Waals surface area contributed by atoms with E-state index in [0.29, 0.717) is 22.0 Å². The standard InChI is InChI=1S/C21H20N4O7S2/c1-31-14-7-9-15(10-8-14)34(29,30)25-11-16-19(33-12-22-16)18(17(25)20(26)24-28)32-21(27)23-13-5-3-2-4-6-13/h2-10,12,17-18,28H,11H2,1H3,(H,23,27)(H,24,26). The van der Waals surface area contributed by atoms with Gasteiger partial charge in [-0.25, -0.2) is 23.7 Å². The molecule has 4 rings (SSSR count). The molecule has 3 aromatic rings. The van der Waals surface area contributed by atoms with Crippen molar-refractivity contribution in [2.24, 2.45) is 0 Å². The van der Waals surface area contributed by atoms with Crippen molar-refractivity contribution in [2.75, 3.05) is 12.4 Å². The molecular weight excluding hydrogens is 484 g/mol. The summed E-state index contributed by atoms with van der Waals surface area (Å²) in [7, 11) is -2.83. The summed E-state index contributed by atoms with van der Waals surface area (Å²) in [4.78, 5) is 29.8. The zero-order valence-electron chi connectivity index (χ0n) is 17.7. The molecule has 1 aliphatic heterocycles. The maximum Gasteiger partial charge on any atom is 0.412 e. The molecule has 13 heteroatoms. The van der Waals surface area contributed by atoms with Crippen molar-refractivity contribution in [3.8, 4) is 5.75 Å². The lowest BCUT2D eigenvalue weighted by Gasteiger charge is -2.37. The molecule has 3 N–H and O–H groups in total. The van der Waals surface area contributed by atoms with E-state index in [2.05, 4.69) is 10.3 Å². The van der Waals surface area contributed by atoms with Gasteiger partial charge < -0.3 is 9.47 Å². The first kappa shape index (κ1) is 23.6. The van der Waals surface area contributed by atoms with E-state index in [1.54, 1.807) is 30.3 Å². The third kappa shape index (κ3) is 4.59. The average molecular weight is 505 g/mol. The summed E-state index contributed by atoms with van der Waals surface area (Å²) in [5.41, 5.74) is 3.73. The van der Waals surface area contributed by atoms with E-state index < -0.39 is 34.2 Å². The molecule has 0 saturated heterocycles. The maximum absolute atomic E-state index is 13.5. The Kier molecular flexibility index (Phi) is 6.79. The molecule has 2 aromatic carbocycles. The van der Waals surface area contributed by atoms with Gasteiger partial charge in [0.15, 0.2) is 6.10 Å². The number of ether oxygens (including phenoxy) is 2. The summed E-state index contributed by atoms with van der Waals surface area (Å²) in [6.07, 6.45) is -2.27. The second kappa shape index (κ2) is 9.77. The topological polar surface area (TPSA) is 147 Å². The highest BCUT2D eigenvalue weighted by atomic mass is 32.2. The highest BCUT2D eigenvalue weighted by Gasteiger charge is 2.49. The van der Waals surface area contributed by atoms with Crippen LogP contribution in [0.15, 0.2) is 65.0 Å². The largest absolute Gasteiger partial charge is 0.497 e. The van der Waals surface area contributed by atoms with Crippen LogP contribution in [0.3, 0.4) is 0 Å². The predicted octanol–water partition coefficient (Wildman–Crippen LogP) is 2.52. The molecule has 34 heavy (non-hydrogen) atoms. The van der Waals surface area contributed by atoms with Gasteiger partial charge >= 0.3 is 6.09 Å². The van der Waals surface area contributed by atoms with Gasteiger partial charge in [-0.2, -0.15) is 4.31 Å². The Labute approximate surface area is 199 Å². The number of nitrogens with zero attached hydrogens (tertiary/aromatic N) is 2. The first-order valence-electron chi connectivity index (χ1n) is 9.90. The molecule has 11 nitrogen and oxygen atoms in total. The van der Waals surface area contributed by atoms with E-state index in [9.17, 15) is 23.2 Å². The summed E-state index contributed by atoms with van der Waals surface area (Å²) in [6, 6.07) is 12.5. The van der Waals surface area contributed by atoms with Crippen LogP contribution in [-0.2, 0) is 26.1 Å². The molecule has 2 atom stereocenters. The maximum atomic E-state index is 13.5. The number of hydrogen-bond donors (Lipinski definition) is 3. The summed E-state index contributed by atoms with van der Waals surface area (Å²) < 4.78 is 38.5. The van der Waals surface area contributed by atoms with E-state index in [1.165, 1.54) is 42.4 Å². The van der Waals surface area contributed by atoms with Crippen LogP contribution in [0.5, 0.6) is 5.75 Å². The van der Waals surface area contributed by atoms with Crippen molar-refractivity contribution in [2.45, 2.75) is 23.6 Å². The van der Waals surface area contributed by atoms with Gasteiger partial charge in [0.25, 0.3) is 5.91 Å². The van der Waals surface area contributed by atoms with Crippen molar-refractivity contribution in [3.63, 3.8) is 0 Å². The van der Waals surface area contributed by atoms with Gasteiger partial charge in [0.1, 0.15) is 11.8 Å². The average Bonchev–Trinajstić information content (AvgIpc) is 3.33. The number of fused-ring (bicyclic) bond motifs is 1. The van der Waals surface area contributed by atoms with E-state index in [1.807, 2.05) is 0 Å². The third-order valence-corrected chi connectivity index (χ3v) is 7.91. The van der Waals surface area contributed by atoms with Crippen LogP contribution in [0.1, 0.15) is 16.7 Å². The Hall–Kier alpha value is -3.52. The molecular formula is C21H20N4O7S2. The van der Waals surface area contributed by atoms with Gasteiger partial charge in [0.2, 0.25) is 10.0 Å². The highest BCUT2D eigenvalue weighted by molar-refractivity contribution is 7.89. The molecule has 0 saturated carbocycles. The van der Waals surface area contributed by atoms with Gasteiger partial charge in [-0.05, 0) is 36.4 Å². The van der Waals surface area contributed by atoms with Crippen molar-refractivity contribution < 1.29 is 32.7 Å². The number of benzene rings is 2. The van der Waals surface area contributed by atoms with Gasteiger partial charge in [0, 0.05) is 5.69 Å². The second-order valence-electron chi connectivity index (χ2n) is 7.13. The smallest absolute Gasteiger partial charge is 0.412 e. The fraction of sp³-hybridized carbons (Fsp3) is 0.190. The van der Waals surface area contributed by atoms with Gasteiger partial charge in [-0.15, -0.1) is 11.3 Å². The summed E-state index contributed by atoms with van der Waals surface area (Å²) in [5, 5.41) is 11.9. The Balaban J connectivity index is 1.71. The summed E-state index contributed by atoms with van der Waals surface area (Å²) in [6.45, 7) is -0.258. The van der Waals surface area contributed by atoms with Gasteiger partial charge in [-0.1, -0.05) is 18.2 Å². The number of amides is 2. The molecule has 0 radical (unpaired) electrons. The molecule has 0 bridgehead atoms. The number of nitrogens with one attached hydrogen (secondary N) is 2. The fourth-order valence-corrected chi connectivity index (χ4v) is 5.93. The van der Waals surface area contributed by atoms with Crippen LogP contribution in [0, 0.1) is 0 Å². The van der Waals surface area contributed by atoms with E-state index in [0.717, 1.165) is 15.6 Å². The van der Waals surface area contributed by atoms with E-state index in [-0.39, 0.29) is 11.4 Å². The fourth-order valence-electron chi connectivity index (χ4n) is 3.52. The number of carbonyl (C=O) groups is 2. The normalized spacial score (nSPS) is 17.9. The number of sulfonamides is 1. The Bertz CT molecular complexity index is 1280. The number of hydroxylamine groups is 1. The molecule has 178 valence electrons. The number of hydrogen-bond acceptors (Lipinski definition) is 9. The van der Waals surface area contributed by atoms with Gasteiger partial charge in [0.05, 0.1) is 34.6 Å². The lowest BCUT2D eigenvalue weighted by molar-refractivity contribution is -0.137. The molecule has 0 aliphatic carbocycles. The number of aromatic nitrogens is 1. The van der Waals surface area contributed by atoms with Crippen LogP contribution in [0.4, 0.5) is 10.5 Å². The zero-order chi connectivity index (χ0) is 24.3. The number of anilines is 1. The highest BCUT2D eigenvalue weighted by Crippen LogP contribution is 2.39. The number of methoxy groups -OCH3 is 1. The van der Waals surface area contributed by atoms with Crippen LogP contribution in [-0.4, -0.2) is 48.1 Å². The van der Waals surface area contributed by atoms with Crippen molar-refractivity contribution in [1.82, 2.24) is 14.8 Å². The van der Waals surface area contributed by atoms with Crippen molar-refractivity contribution in [3.05, 3.63) is 70.7 Å². The van der Waals surface area contributed by atoms with Crippen molar-refractivity contribution in [1.29, 1.82) is 0 Å². The molecule has 1 aromatic heterocycles. The quantitative estimate of drug-likeness (QED) is 0.343. The third-order valence-electron chi connectivity index (χ3n) is 5.13. The molecule has 2 unspecified atom stereocenters. The van der Waals surface area contributed by atoms with Crippen LogP contribution in [0.2, 0.25) is 0 Å². The van der Waals surface area contributed by atoms with Crippen LogP contribution in [0.25, 0.3) is 0 Å². The van der Waals surface area contributed by atoms with Crippen LogP contribution >= 0.6 is 11.3 Å². The SMILES string of the molecule is COc1ccc(S(=O)(=O)N2Cc3ncsc3C(OC(=O)Nc3ccccc3)C2C(=O)NO)cc1. The zero-order valence-corrected chi connectivity index (χ0v) is 19.4. The Morgan fingerprint density at radius 3 is 2.50 bits per heavy atom. The number of para-hydroxylation sites is 1. The minimum absolute atomic E-state index is 0.116. The van der Waals surface area contributed by atoms with E-state index in [4.69, 9.17) is 9.47 Å². The van der Waals surface area contributed by atoms with Crippen molar-refractivity contribution >= 4 is 39.0 Å². The molecule has 2 amide bonds. The second-order valence-corrected chi connectivity index (χ2v) is 9.90.